The van der Waals surface area contributed by atoms with E-state index in [-0.39, 0.29) is 82.7 Å². The topological polar surface area (TPSA) is 101 Å². The molecule has 4 aliphatic rings. The number of rotatable bonds is 4. The molecule has 30 heavy (non-hydrogen) atoms. The molecule has 0 saturated heterocycles. The average molecular weight is 431 g/mol. The predicted molar refractivity (Wildman–Crippen MR) is 107 cm³/mol. The Morgan fingerprint density at radius 3 is 2.43 bits per heavy atom. The van der Waals surface area contributed by atoms with Gasteiger partial charge in [0.05, 0.1) is 18.3 Å². The zero-order valence-corrected chi connectivity index (χ0v) is 21.2. The van der Waals surface area contributed by atoms with Gasteiger partial charge in [-0.15, -0.1) is 0 Å². The van der Waals surface area contributed by atoms with Crippen LogP contribution in [0.1, 0.15) is 78.6 Å². The van der Waals surface area contributed by atoms with E-state index in [1.54, 1.807) is 0 Å². The van der Waals surface area contributed by atoms with Crippen LogP contribution in [-0.2, 0) is 4.79 Å². The molecule has 166 valence electrons. The van der Waals surface area contributed by atoms with Gasteiger partial charge < -0.3 is 25.2 Å². The number of hydrogen-bond acceptors (Lipinski definition) is 5. The molecule has 4 fully saturated rings. The zero-order valence-electron chi connectivity index (χ0n) is 19.2. The number of carbonyl (C=O) groups excluding carboxylic acids is 1. The molecular formula is C24H39NaO5. The average Bonchev–Trinajstić information content (AvgIpc) is 3.01. The molecule has 0 bridgehead atoms. The van der Waals surface area contributed by atoms with Gasteiger partial charge in [0.25, 0.3) is 0 Å². The van der Waals surface area contributed by atoms with Crippen molar-refractivity contribution in [2.24, 2.45) is 46.3 Å². The van der Waals surface area contributed by atoms with Crippen LogP contribution >= 0.6 is 0 Å². The molecule has 0 aromatic heterocycles. The third-order valence-corrected chi connectivity index (χ3v) is 10.3. The van der Waals surface area contributed by atoms with E-state index < -0.39 is 12.1 Å². The number of aliphatic hydroxyl groups excluding tert-OH is 3. The first kappa shape index (κ1) is 25.0. The monoisotopic (exact) mass is 430 g/mol. The van der Waals surface area contributed by atoms with Crippen LogP contribution in [0.3, 0.4) is 0 Å². The molecule has 4 saturated carbocycles. The second-order valence-corrected chi connectivity index (χ2v) is 11.4. The van der Waals surface area contributed by atoms with Gasteiger partial charge in [0.15, 0.2) is 0 Å². The molecule has 0 heterocycles. The van der Waals surface area contributed by atoms with Crippen LogP contribution < -0.4 is 34.7 Å². The Balaban J connectivity index is 0.00000256. The fourth-order valence-corrected chi connectivity index (χ4v) is 8.68. The van der Waals surface area contributed by atoms with Crippen LogP contribution in [0, 0.1) is 46.3 Å². The summed E-state index contributed by atoms with van der Waals surface area (Å²) in [6.07, 6.45) is 5.72. The SMILES string of the molecule is C[C@H](CCC(=O)[O-])[C@H]1CC[C@H]2C3[C@H](O)CC4C[C@H](O)CC[C@]4(C)[C@H]3C[C@H](O)[C@]12C.[Na+]. The van der Waals surface area contributed by atoms with Crippen LogP contribution in [0.25, 0.3) is 0 Å². The fraction of sp³-hybridized carbons (Fsp3) is 0.958. The molecule has 3 N–H and O–H groups in total. The fourth-order valence-electron chi connectivity index (χ4n) is 8.68. The van der Waals surface area contributed by atoms with E-state index in [4.69, 9.17) is 0 Å². The van der Waals surface area contributed by atoms with Crippen molar-refractivity contribution in [2.75, 3.05) is 0 Å². The number of carbonyl (C=O) groups is 1. The van der Waals surface area contributed by atoms with E-state index in [1.165, 1.54) is 0 Å². The molecule has 0 aliphatic heterocycles. The summed E-state index contributed by atoms with van der Waals surface area (Å²) in [5, 5.41) is 43.9. The Kier molecular flexibility index (Phi) is 7.45. The van der Waals surface area contributed by atoms with Gasteiger partial charge in [0.2, 0.25) is 0 Å². The van der Waals surface area contributed by atoms with E-state index in [1.807, 2.05) is 0 Å². The van der Waals surface area contributed by atoms with Gasteiger partial charge in [-0.25, -0.2) is 0 Å². The van der Waals surface area contributed by atoms with Crippen LogP contribution in [0.5, 0.6) is 0 Å². The maximum atomic E-state index is 11.5. The molecule has 4 rings (SSSR count). The minimum Gasteiger partial charge on any atom is -0.550 e. The largest absolute Gasteiger partial charge is 1.00 e. The van der Waals surface area contributed by atoms with E-state index in [2.05, 4.69) is 20.8 Å². The summed E-state index contributed by atoms with van der Waals surface area (Å²) in [6, 6.07) is 0. The van der Waals surface area contributed by atoms with Crippen molar-refractivity contribution in [3.8, 4) is 0 Å². The number of hydrogen-bond donors (Lipinski definition) is 3. The third-order valence-electron chi connectivity index (χ3n) is 10.3. The Morgan fingerprint density at radius 1 is 1.07 bits per heavy atom. The number of fused-ring (bicyclic) bond motifs is 5. The molecule has 6 heteroatoms. The van der Waals surface area contributed by atoms with Crippen molar-refractivity contribution >= 4 is 5.97 Å². The molecular weight excluding hydrogens is 391 g/mol. The van der Waals surface area contributed by atoms with Crippen molar-refractivity contribution in [1.82, 2.24) is 0 Å². The Bertz CT molecular complexity index is 643. The molecule has 5 nitrogen and oxygen atoms in total. The molecule has 0 aromatic carbocycles. The van der Waals surface area contributed by atoms with Gasteiger partial charge in [0, 0.05) is 5.97 Å². The van der Waals surface area contributed by atoms with Crippen molar-refractivity contribution < 1.29 is 54.8 Å². The normalized spacial score (nSPS) is 51.1. The van der Waals surface area contributed by atoms with Crippen molar-refractivity contribution in [3.63, 3.8) is 0 Å². The van der Waals surface area contributed by atoms with Gasteiger partial charge in [-0.3, -0.25) is 0 Å². The Morgan fingerprint density at radius 2 is 1.77 bits per heavy atom. The minimum absolute atomic E-state index is 0. The summed E-state index contributed by atoms with van der Waals surface area (Å²) >= 11 is 0. The van der Waals surface area contributed by atoms with Gasteiger partial charge in [0.1, 0.15) is 0 Å². The molecule has 0 aromatic rings. The predicted octanol–water partition coefficient (Wildman–Crippen LogP) is -0.882. The standard InChI is InChI=1S/C24H40O5.Na/c1-13(4-7-21(28)29)16-5-6-17-22-18(12-20(27)24(16,17)3)23(2)9-8-15(25)10-14(23)11-19(22)26;/h13-20,22,25-27H,4-12H2,1-3H3,(H,28,29);/q;+1/p-1/t13-,14?,15-,16-,17+,18+,19-,20+,22?,23+,24-;/m1./s1. The second-order valence-electron chi connectivity index (χ2n) is 11.4. The van der Waals surface area contributed by atoms with Gasteiger partial charge in [-0.1, -0.05) is 20.8 Å². The molecule has 11 atom stereocenters. The van der Waals surface area contributed by atoms with Crippen molar-refractivity contribution in [1.29, 1.82) is 0 Å². The van der Waals surface area contributed by atoms with E-state index in [0.29, 0.717) is 18.3 Å². The second kappa shape index (κ2) is 8.95. The molecule has 0 amide bonds. The zero-order chi connectivity index (χ0) is 21.1. The van der Waals surface area contributed by atoms with E-state index in [9.17, 15) is 25.2 Å². The Hall–Kier alpha value is 0.350. The minimum atomic E-state index is -0.998. The van der Waals surface area contributed by atoms with E-state index >= 15 is 0 Å². The van der Waals surface area contributed by atoms with Crippen molar-refractivity contribution in [2.45, 2.75) is 96.9 Å². The molecule has 4 aliphatic carbocycles. The smallest absolute Gasteiger partial charge is 0.550 e. The summed E-state index contributed by atoms with van der Waals surface area (Å²) < 4.78 is 0. The van der Waals surface area contributed by atoms with Crippen LogP contribution in [0.4, 0.5) is 0 Å². The maximum absolute atomic E-state index is 11.5. The number of carboxylic acid groups (broad SMARTS) is 1. The van der Waals surface area contributed by atoms with Crippen LogP contribution in [-0.4, -0.2) is 39.6 Å². The summed E-state index contributed by atoms with van der Waals surface area (Å²) in [7, 11) is 0. The third kappa shape index (κ3) is 3.84. The summed E-state index contributed by atoms with van der Waals surface area (Å²) in [5.74, 6) is 0.635. The number of aliphatic carboxylic acids is 1. The first-order valence-corrected chi connectivity index (χ1v) is 11.8. The van der Waals surface area contributed by atoms with Crippen molar-refractivity contribution in [3.05, 3.63) is 0 Å². The molecule has 0 spiro atoms. The number of carboxylic acids is 1. The first-order chi connectivity index (χ1) is 13.6. The molecule has 2 unspecified atom stereocenters. The van der Waals surface area contributed by atoms with Gasteiger partial charge >= 0.3 is 29.6 Å². The summed E-state index contributed by atoms with van der Waals surface area (Å²) in [4.78, 5) is 11.0. The first-order valence-electron chi connectivity index (χ1n) is 11.8. The van der Waals surface area contributed by atoms with Crippen LogP contribution in [0.15, 0.2) is 0 Å². The molecule has 0 radical (unpaired) electrons. The Labute approximate surface area is 203 Å². The summed E-state index contributed by atoms with van der Waals surface area (Å²) in [5.41, 5.74) is -0.172. The van der Waals surface area contributed by atoms with E-state index in [0.717, 1.165) is 44.9 Å². The quantitative estimate of drug-likeness (QED) is 0.503. The number of aliphatic hydroxyl groups is 3. The van der Waals surface area contributed by atoms with Crippen LogP contribution in [0.2, 0.25) is 0 Å². The summed E-state index contributed by atoms with van der Waals surface area (Å²) in [6.45, 7) is 6.67. The van der Waals surface area contributed by atoms with Gasteiger partial charge in [-0.2, -0.15) is 0 Å². The van der Waals surface area contributed by atoms with Gasteiger partial charge in [-0.05, 0) is 104 Å². The maximum Gasteiger partial charge on any atom is 1.00 e.